The van der Waals surface area contributed by atoms with Crippen molar-refractivity contribution in [1.82, 2.24) is 19.9 Å². The molecule has 2 heterocycles. The highest BCUT2D eigenvalue weighted by Crippen LogP contribution is 2.17. The topological polar surface area (TPSA) is 103 Å². The van der Waals surface area contributed by atoms with Crippen LogP contribution in [0.5, 0.6) is 0 Å². The summed E-state index contributed by atoms with van der Waals surface area (Å²) in [6, 6.07) is 17.7. The monoisotopic (exact) mass is 358 g/mol. The number of hydrogen-bond donors (Lipinski definition) is 4. The van der Waals surface area contributed by atoms with Crippen LogP contribution >= 0.6 is 0 Å². The van der Waals surface area contributed by atoms with Crippen LogP contribution in [0.1, 0.15) is 5.56 Å². The van der Waals surface area contributed by atoms with Crippen molar-refractivity contribution < 1.29 is 0 Å². The van der Waals surface area contributed by atoms with Crippen molar-refractivity contribution in [1.29, 1.82) is 0 Å². The molecule has 0 fully saturated rings. The van der Waals surface area contributed by atoms with Crippen LogP contribution in [0.3, 0.4) is 0 Å². The van der Waals surface area contributed by atoms with Crippen LogP contribution in [0, 0.1) is 0 Å². The summed E-state index contributed by atoms with van der Waals surface area (Å²) < 4.78 is 0. The van der Waals surface area contributed by atoms with E-state index < -0.39 is 0 Å². The molecule has 0 atom stereocenters. The minimum Gasteiger partial charge on any atom is -0.361 e. The molecule has 0 saturated carbocycles. The molecule has 0 aliphatic heterocycles. The van der Waals surface area contributed by atoms with Gasteiger partial charge in [-0.15, -0.1) is 0 Å². The zero-order valence-electron chi connectivity index (χ0n) is 14.6. The van der Waals surface area contributed by atoms with Crippen LogP contribution in [0.25, 0.3) is 10.9 Å². The summed E-state index contributed by atoms with van der Waals surface area (Å²) in [5, 5.41) is 11.4. The number of fused-ring (bicyclic) bond motifs is 1. The number of rotatable bonds is 6. The standard InChI is InChI=1S/C19H18N8/c1-20-17-24-18(23-14-7-3-2-4-8-14)26-19(25-17)27-22-12-13-11-21-16-10-6-5-9-15(13)16/h2-12,21H,1H3,(H3,20,23,24,25,26,27)/b22-12+. The van der Waals surface area contributed by atoms with Crippen molar-refractivity contribution >= 4 is 40.6 Å². The van der Waals surface area contributed by atoms with Gasteiger partial charge in [0.1, 0.15) is 0 Å². The third-order valence-corrected chi connectivity index (χ3v) is 3.88. The molecule has 0 aliphatic carbocycles. The van der Waals surface area contributed by atoms with Gasteiger partial charge >= 0.3 is 0 Å². The SMILES string of the molecule is CNc1nc(N/N=C/c2c[nH]c3ccccc23)nc(Nc2ccccc2)n1. The smallest absolute Gasteiger partial charge is 0.250 e. The van der Waals surface area contributed by atoms with Gasteiger partial charge in [0.2, 0.25) is 17.8 Å². The second kappa shape index (κ2) is 7.52. The quantitative estimate of drug-likeness (QED) is 0.310. The van der Waals surface area contributed by atoms with Crippen molar-refractivity contribution in [2.24, 2.45) is 5.10 Å². The van der Waals surface area contributed by atoms with Gasteiger partial charge in [-0.05, 0) is 18.2 Å². The fourth-order valence-electron chi connectivity index (χ4n) is 2.60. The first-order valence-corrected chi connectivity index (χ1v) is 8.43. The Morgan fingerprint density at radius 1 is 0.889 bits per heavy atom. The summed E-state index contributed by atoms with van der Waals surface area (Å²) in [5.41, 5.74) is 5.79. The maximum absolute atomic E-state index is 4.35. The number of benzene rings is 2. The van der Waals surface area contributed by atoms with Crippen LogP contribution in [0.4, 0.5) is 23.5 Å². The average molecular weight is 358 g/mol. The van der Waals surface area contributed by atoms with E-state index in [2.05, 4.69) is 41.1 Å². The molecule has 134 valence electrons. The summed E-state index contributed by atoms with van der Waals surface area (Å²) in [5.74, 6) is 1.20. The summed E-state index contributed by atoms with van der Waals surface area (Å²) >= 11 is 0. The molecular formula is C19H18N8. The minimum atomic E-state index is 0.337. The van der Waals surface area contributed by atoms with E-state index in [-0.39, 0.29) is 0 Å². The molecule has 4 aromatic rings. The molecule has 8 heteroatoms. The van der Waals surface area contributed by atoms with E-state index in [1.54, 1.807) is 13.3 Å². The van der Waals surface area contributed by atoms with E-state index in [0.717, 1.165) is 22.2 Å². The molecule has 0 aliphatic rings. The molecule has 2 aromatic carbocycles. The Balaban J connectivity index is 1.53. The fourth-order valence-corrected chi connectivity index (χ4v) is 2.60. The van der Waals surface area contributed by atoms with Crippen molar-refractivity contribution in [3.63, 3.8) is 0 Å². The summed E-state index contributed by atoms with van der Waals surface area (Å²) in [6.07, 6.45) is 3.64. The zero-order chi connectivity index (χ0) is 18.5. The van der Waals surface area contributed by atoms with Gasteiger partial charge in [-0.3, -0.25) is 0 Å². The third-order valence-electron chi connectivity index (χ3n) is 3.88. The number of nitrogens with one attached hydrogen (secondary N) is 4. The lowest BCUT2D eigenvalue weighted by Crippen LogP contribution is -2.07. The number of para-hydroxylation sites is 2. The number of hydrogen-bond acceptors (Lipinski definition) is 7. The van der Waals surface area contributed by atoms with E-state index in [9.17, 15) is 0 Å². The lowest BCUT2D eigenvalue weighted by atomic mass is 10.2. The molecule has 4 rings (SSSR count). The maximum Gasteiger partial charge on any atom is 0.250 e. The fraction of sp³-hybridized carbons (Fsp3) is 0.0526. The van der Waals surface area contributed by atoms with Crippen LogP contribution in [0.2, 0.25) is 0 Å². The lowest BCUT2D eigenvalue weighted by molar-refractivity contribution is 1.04. The molecule has 0 unspecified atom stereocenters. The number of H-pyrrole nitrogens is 1. The molecule has 8 nitrogen and oxygen atoms in total. The van der Waals surface area contributed by atoms with Gasteiger partial charge in [0.15, 0.2) is 0 Å². The van der Waals surface area contributed by atoms with E-state index in [1.165, 1.54) is 0 Å². The van der Waals surface area contributed by atoms with Gasteiger partial charge in [0.05, 0.1) is 6.21 Å². The first-order chi connectivity index (χ1) is 13.3. The third kappa shape index (κ3) is 3.84. The van der Waals surface area contributed by atoms with Crippen LogP contribution in [-0.2, 0) is 0 Å². The molecular weight excluding hydrogens is 340 g/mol. The maximum atomic E-state index is 4.35. The molecule has 0 radical (unpaired) electrons. The second-order valence-electron chi connectivity index (χ2n) is 5.71. The Bertz CT molecular complexity index is 1070. The first kappa shape index (κ1) is 16.5. The van der Waals surface area contributed by atoms with Gasteiger partial charge in [0.25, 0.3) is 0 Å². The minimum absolute atomic E-state index is 0.337. The van der Waals surface area contributed by atoms with Crippen LogP contribution in [0.15, 0.2) is 65.9 Å². The number of aromatic nitrogens is 4. The van der Waals surface area contributed by atoms with Gasteiger partial charge in [-0.1, -0.05) is 36.4 Å². The van der Waals surface area contributed by atoms with Crippen molar-refractivity contribution in [3.8, 4) is 0 Å². The number of aromatic amines is 1. The first-order valence-electron chi connectivity index (χ1n) is 8.43. The molecule has 0 bridgehead atoms. The number of anilines is 4. The molecule has 4 N–H and O–H groups in total. The van der Waals surface area contributed by atoms with E-state index in [4.69, 9.17) is 0 Å². The average Bonchev–Trinajstić information content (AvgIpc) is 3.12. The summed E-state index contributed by atoms with van der Waals surface area (Å²) in [7, 11) is 1.75. The molecule has 0 spiro atoms. The predicted molar refractivity (Wildman–Crippen MR) is 109 cm³/mol. The highest BCUT2D eigenvalue weighted by Gasteiger charge is 2.06. The Hall–Kier alpha value is -3.94. The van der Waals surface area contributed by atoms with Gasteiger partial charge in [-0.25, -0.2) is 5.43 Å². The second-order valence-corrected chi connectivity index (χ2v) is 5.71. The number of nitrogens with zero attached hydrogens (tertiary/aromatic N) is 4. The molecule has 2 aromatic heterocycles. The summed E-state index contributed by atoms with van der Waals surface area (Å²) in [4.78, 5) is 16.1. The largest absolute Gasteiger partial charge is 0.361 e. The summed E-state index contributed by atoms with van der Waals surface area (Å²) in [6.45, 7) is 0. The molecule has 0 amide bonds. The van der Waals surface area contributed by atoms with E-state index in [0.29, 0.717) is 17.8 Å². The Morgan fingerprint density at radius 2 is 1.63 bits per heavy atom. The molecule has 0 saturated heterocycles. The lowest BCUT2D eigenvalue weighted by Gasteiger charge is -2.08. The van der Waals surface area contributed by atoms with Gasteiger partial charge in [0, 0.05) is 35.4 Å². The van der Waals surface area contributed by atoms with Gasteiger partial charge in [-0.2, -0.15) is 20.1 Å². The Labute approximate surface area is 155 Å². The van der Waals surface area contributed by atoms with Crippen molar-refractivity contribution in [2.75, 3.05) is 23.1 Å². The van der Waals surface area contributed by atoms with E-state index in [1.807, 2.05) is 60.8 Å². The van der Waals surface area contributed by atoms with Crippen LogP contribution in [-0.4, -0.2) is 33.2 Å². The number of hydrazone groups is 1. The highest BCUT2D eigenvalue weighted by molar-refractivity contribution is 5.99. The van der Waals surface area contributed by atoms with E-state index >= 15 is 0 Å². The van der Waals surface area contributed by atoms with Crippen molar-refractivity contribution in [3.05, 3.63) is 66.4 Å². The Kier molecular flexibility index (Phi) is 4.60. The predicted octanol–water partition coefficient (Wildman–Crippen LogP) is 3.58. The zero-order valence-corrected chi connectivity index (χ0v) is 14.6. The Morgan fingerprint density at radius 3 is 2.48 bits per heavy atom. The van der Waals surface area contributed by atoms with Crippen molar-refractivity contribution in [2.45, 2.75) is 0 Å². The van der Waals surface area contributed by atoms with Crippen LogP contribution < -0.4 is 16.1 Å². The normalized spacial score (nSPS) is 11.0. The van der Waals surface area contributed by atoms with Gasteiger partial charge < -0.3 is 15.6 Å². The molecule has 27 heavy (non-hydrogen) atoms. The highest BCUT2D eigenvalue weighted by atomic mass is 15.4.